The minimum Gasteiger partial charge on any atom is -0.368 e. The van der Waals surface area contributed by atoms with E-state index < -0.39 is 35.6 Å². The number of benzene rings is 1. The third-order valence-corrected chi connectivity index (χ3v) is 3.91. The molecule has 6 nitrogen and oxygen atoms in total. The van der Waals surface area contributed by atoms with E-state index in [-0.39, 0.29) is 16.9 Å². The Hall–Kier alpha value is -2.87. The summed E-state index contributed by atoms with van der Waals surface area (Å²) in [5.74, 6) is -2.80. The Balaban J connectivity index is 2.29. The van der Waals surface area contributed by atoms with Crippen LogP contribution in [0.3, 0.4) is 0 Å². The first-order valence-electron chi connectivity index (χ1n) is 6.98. The highest BCUT2D eigenvalue weighted by Gasteiger charge is 2.55. The molecule has 1 aromatic carbocycles. The smallest absolute Gasteiger partial charge is 0.270 e. The molecule has 124 valence electrons. The summed E-state index contributed by atoms with van der Waals surface area (Å²) in [7, 11) is 1.23. The molecule has 0 saturated heterocycles. The van der Waals surface area contributed by atoms with Gasteiger partial charge in [0.05, 0.1) is 5.56 Å². The van der Waals surface area contributed by atoms with Crippen LogP contribution < -0.4 is 10.6 Å². The molecule has 0 unspecified atom stereocenters. The number of nitrogens with zero attached hydrogens (tertiary/aromatic N) is 2. The Labute approximate surface area is 135 Å². The summed E-state index contributed by atoms with van der Waals surface area (Å²) in [5.41, 5.74) is 3.39. The van der Waals surface area contributed by atoms with Crippen LogP contribution in [-0.4, -0.2) is 30.5 Å². The fourth-order valence-corrected chi connectivity index (χ4v) is 2.91. The van der Waals surface area contributed by atoms with E-state index in [2.05, 4.69) is 4.98 Å². The summed E-state index contributed by atoms with van der Waals surface area (Å²) >= 11 is 0. The number of rotatable bonds is 4. The van der Waals surface area contributed by atoms with Crippen molar-refractivity contribution in [1.29, 1.82) is 0 Å². The number of hydrogen-bond donors (Lipinski definition) is 1. The van der Waals surface area contributed by atoms with Gasteiger partial charge in [0.25, 0.3) is 5.91 Å². The SMILES string of the molecule is CO[C@]1(c2ccc(F)cc2)C(=O)N(CC(N)=O)c2nccc(F)c21. The number of methoxy groups -OCH3 is 1. The van der Waals surface area contributed by atoms with Gasteiger partial charge in [-0.05, 0) is 23.8 Å². The first kappa shape index (κ1) is 16.0. The van der Waals surface area contributed by atoms with Crippen molar-refractivity contribution < 1.29 is 23.1 Å². The summed E-state index contributed by atoms with van der Waals surface area (Å²) in [5, 5.41) is 0. The van der Waals surface area contributed by atoms with Crippen molar-refractivity contribution in [3.63, 3.8) is 0 Å². The summed E-state index contributed by atoms with van der Waals surface area (Å²) in [6.07, 6.45) is 1.17. The van der Waals surface area contributed by atoms with Gasteiger partial charge in [-0.1, -0.05) is 12.1 Å². The number of amides is 2. The third kappa shape index (κ3) is 2.15. The fraction of sp³-hybridized carbons (Fsp3) is 0.188. The van der Waals surface area contributed by atoms with Gasteiger partial charge in [-0.2, -0.15) is 0 Å². The summed E-state index contributed by atoms with van der Waals surface area (Å²) in [4.78, 5) is 29.2. The van der Waals surface area contributed by atoms with E-state index in [1.54, 1.807) is 0 Å². The molecular weight excluding hydrogens is 320 g/mol. The van der Waals surface area contributed by atoms with E-state index in [4.69, 9.17) is 10.5 Å². The highest BCUT2D eigenvalue weighted by Crippen LogP contribution is 2.46. The Bertz CT molecular complexity index is 826. The molecule has 1 atom stereocenters. The van der Waals surface area contributed by atoms with Crippen LogP contribution in [0, 0.1) is 11.6 Å². The van der Waals surface area contributed by atoms with Crippen LogP contribution in [0.15, 0.2) is 36.5 Å². The van der Waals surface area contributed by atoms with Gasteiger partial charge in [-0.15, -0.1) is 0 Å². The second kappa shape index (κ2) is 5.64. The molecule has 0 spiro atoms. The first-order chi connectivity index (χ1) is 11.4. The molecule has 0 bridgehead atoms. The minimum absolute atomic E-state index is 0.0509. The average molecular weight is 333 g/mol. The van der Waals surface area contributed by atoms with E-state index in [0.29, 0.717) is 0 Å². The molecule has 8 heteroatoms. The van der Waals surface area contributed by atoms with Gasteiger partial charge in [-0.25, -0.2) is 13.8 Å². The van der Waals surface area contributed by atoms with Gasteiger partial charge in [0.15, 0.2) is 0 Å². The van der Waals surface area contributed by atoms with Crippen LogP contribution in [0.4, 0.5) is 14.6 Å². The van der Waals surface area contributed by atoms with E-state index >= 15 is 0 Å². The number of nitrogens with two attached hydrogens (primary N) is 1. The lowest BCUT2D eigenvalue weighted by Crippen LogP contribution is -2.45. The highest BCUT2D eigenvalue weighted by molar-refractivity contribution is 6.10. The number of carbonyl (C=O) groups excluding carboxylic acids is 2. The molecule has 1 aliphatic rings. The number of pyridine rings is 1. The van der Waals surface area contributed by atoms with Crippen LogP contribution in [0.5, 0.6) is 0 Å². The zero-order valence-corrected chi connectivity index (χ0v) is 12.6. The number of aromatic nitrogens is 1. The van der Waals surface area contributed by atoms with E-state index in [9.17, 15) is 18.4 Å². The number of fused-ring (bicyclic) bond motifs is 1. The standard InChI is InChI=1S/C16H13F2N3O3/c1-24-16(9-2-4-10(17)5-3-9)13-11(18)6-7-20-14(13)21(15(16)23)8-12(19)22/h2-7H,8H2,1H3,(H2,19,22)/t16-/m0/s1. The first-order valence-corrected chi connectivity index (χ1v) is 6.98. The molecule has 2 amide bonds. The van der Waals surface area contributed by atoms with E-state index in [1.165, 1.54) is 25.4 Å². The van der Waals surface area contributed by atoms with Crippen LogP contribution >= 0.6 is 0 Å². The lowest BCUT2D eigenvalue weighted by molar-refractivity contribution is -0.136. The predicted octanol–water partition coefficient (Wildman–Crippen LogP) is 1.08. The van der Waals surface area contributed by atoms with Crippen molar-refractivity contribution >= 4 is 17.6 Å². The number of hydrogen-bond acceptors (Lipinski definition) is 4. The van der Waals surface area contributed by atoms with Crippen molar-refractivity contribution in [1.82, 2.24) is 4.98 Å². The highest BCUT2D eigenvalue weighted by atomic mass is 19.1. The monoisotopic (exact) mass is 333 g/mol. The largest absolute Gasteiger partial charge is 0.368 e. The Kier molecular flexibility index (Phi) is 3.76. The molecule has 3 rings (SSSR count). The number of primary amides is 1. The molecule has 24 heavy (non-hydrogen) atoms. The number of anilines is 1. The van der Waals surface area contributed by atoms with Crippen molar-refractivity contribution in [2.24, 2.45) is 5.73 Å². The average Bonchev–Trinajstić information content (AvgIpc) is 2.79. The maximum absolute atomic E-state index is 14.5. The zero-order chi connectivity index (χ0) is 17.5. The van der Waals surface area contributed by atoms with Gasteiger partial charge in [0.1, 0.15) is 24.0 Å². The second-order valence-electron chi connectivity index (χ2n) is 5.24. The molecule has 1 aliphatic heterocycles. The summed E-state index contributed by atoms with van der Waals surface area (Å²) < 4.78 is 33.2. The maximum Gasteiger partial charge on any atom is 0.270 e. The Morgan fingerprint density at radius 2 is 1.96 bits per heavy atom. The third-order valence-electron chi connectivity index (χ3n) is 3.91. The number of ether oxygens (including phenoxy) is 1. The van der Waals surface area contributed by atoms with Gasteiger partial charge in [0, 0.05) is 13.3 Å². The normalized spacial score (nSPS) is 19.5. The quantitative estimate of drug-likeness (QED) is 0.907. The lowest BCUT2D eigenvalue weighted by atomic mass is 9.87. The van der Waals surface area contributed by atoms with Gasteiger partial charge < -0.3 is 10.5 Å². The van der Waals surface area contributed by atoms with Crippen LogP contribution in [0.25, 0.3) is 0 Å². The van der Waals surface area contributed by atoms with Crippen LogP contribution in [-0.2, 0) is 19.9 Å². The van der Waals surface area contributed by atoms with Crippen LogP contribution in [0.2, 0.25) is 0 Å². The van der Waals surface area contributed by atoms with E-state index in [0.717, 1.165) is 23.1 Å². The Morgan fingerprint density at radius 1 is 1.29 bits per heavy atom. The van der Waals surface area contributed by atoms with Gasteiger partial charge in [0.2, 0.25) is 11.5 Å². The van der Waals surface area contributed by atoms with Crippen molar-refractivity contribution in [3.8, 4) is 0 Å². The molecule has 0 radical (unpaired) electrons. The molecule has 0 aliphatic carbocycles. The molecule has 2 heterocycles. The molecule has 1 aromatic heterocycles. The fourth-order valence-electron chi connectivity index (χ4n) is 2.91. The second-order valence-corrected chi connectivity index (χ2v) is 5.24. The summed E-state index contributed by atoms with van der Waals surface area (Å²) in [6, 6.07) is 5.99. The molecule has 0 fully saturated rings. The predicted molar refractivity (Wildman–Crippen MR) is 79.9 cm³/mol. The molecule has 0 saturated carbocycles. The number of halogens is 2. The maximum atomic E-state index is 14.5. The summed E-state index contributed by atoms with van der Waals surface area (Å²) in [6.45, 7) is -0.478. The topological polar surface area (TPSA) is 85.5 Å². The van der Waals surface area contributed by atoms with Crippen molar-refractivity contribution in [2.75, 3.05) is 18.6 Å². The zero-order valence-electron chi connectivity index (χ0n) is 12.6. The molecule has 2 N–H and O–H groups in total. The van der Waals surface area contributed by atoms with Crippen molar-refractivity contribution in [3.05, 3.63) is 59.3 Å². The van der Waals surface area contributed by atoms with Gasteiger partial charge in [-0.3, -0.25) is 14.5 Å². The lowest BCUT2D eigenvalue weighted by Gasteiger charge is -2.27. The van der Waals surface area contributed by atoms with Crippen LogP contribution in [0.1, 0.15) is 11.1 Å². The van der Waals surface area contributed by atoms with Gasteiger partial charge >= 0.3 is 0 Å². The molecule has 2 aromatic rings. The molecular formula is C16H13F2N3O3. The van der Waals surface area contributed by atoms with E-state index in [1.807, 2.05) is 0 Å². The Morgan fingerprint density at radius 3 is 2.54 bits per heavy atom. The van der Waals surface area contributed by atoms with Crippen molar-refractivity contribution in [2.45, 2.75) is 5.60 Å². The minimum atomic E-state index is -1.86. The number of carbonyl (C=O) groups is 2.